The molecule has 0 atom stereocenters. The summed E-state index contributed by atoms with van der Waals surface area (Å²) < 4.78 is 5.73. The largest absolute Gasteiger partial charge is 0.489 e. The molecule has 0 heterocycles. The van der Waals surface area contributed by atoms with E-state index in [1.165, 1.54) is 0 Å². The number of halogens is 1. The average Bonchev–Trinajstić information content (AvgIpc) is 2.45. The van der Waals surface area contributed by atoms with E-state index in [4.69, 9.17) is 21.4 Å². The van der Waals surface area contributed by atoms with Crippen LogP contribution < -0.4 is 4.74 Å². The molecule has 0 aliphatic heterocycles. The molecular weight excluding hydrogens is 272 g/mol. The van der Waals surface area contributed by atoms with Crippen LogP contribution in [0.2, 0.25) is 5.02 Å². The predicted octanol–water partition coefficient (Wildman–Crippen LogP) is 3.57. The third kappa shape index (κ3) is 3.77. The van der Waals surface area contributed by atoms with Crippen molar-refractivity contribution in [3.8, 4) is 17.6 Å². The molecule has 0 saturated carbocycles. The summed E-state index contributed by atoms with van der Waals surface area (Å²) in [5.41, 5.74) is 2.86. The molecule has 20 heavy (non-hydrogen) atoms. The normalized spacial score (nSPS) is 9.75. The van der Waals surface area contributed by atoms with Gasteiger partial charge in [0.1, 0.15) is 19.0 Å². The van der Waals surface area contributed by atoms with Gasteiger partial charge in [0.15, 0.2) is 0 Å². The van der Waals surface area contributed by atoms with Crippen LogP contribution in [0.1, 0.15) is 16.7 Å². The number of hydrogen-bond donors (Lipinski definition) is 1. The van der Waals surface area contributed by atoms with E-state index < -0.39 is 0 Å². The molecule has 0 spiro atoms. The smallest absolute Gasteiger partial charge is 0.120 e. The van der Waals surface area contributed by atoms with Crippen LogP contribution in [0.5, 0.6) is 5.75 Å². The lowest BCUT2D eigenvalue weighted by Crippen LogP contribution is -1.97. The van der Waals surface area contributed by atoms with E-state index in [-0.39, 0.29) is 6.61 Å². The highest BCUT2D eigenvalue weighted by Gasteiger charge is 2.02. The standard InChI is InChI=1S/C17H15ClO2/c1-13-11-16(9-8-14(13)6-4-10-19)20-12-15-5-2-3-7-17(15)18/h2-3,5,7-9,11,19H,10,12H2,1H3. The molecule has 3 heteroatoms. The first-order valence-corrected chi connectivity index (χ1v) is 6.65. The lowest BCUT2D eigenvalue weighted by atomic mass is 10.1. The van der Waals surface area contributed by atoms with Crippen molar-refractivity contribution in [2.75, 3.05) is 6.61 Å². The molecule has 0 aromatic heterocycles. The Morgan fingerprint density at radius 3 is 2.70 bits per heavy atom. The van der Waals surface area contributed by atoms with Gasteiger partial charge in [-0.3, -0.25) is 0 Å². The summed E-state index contributed by atoms with van der Waals surface area (Å²) in [4.78, 5) is 0. The van der Waals surface area contributed by atoms with Crippen LogP contribution in [-0.2, 0) is 6.61 Å². The zero-order chi connectivity index (χ0) is 14.4. The van der Waals surface area contributed by atoms with Gasteiger partial charge in [0.25, 0.3) is 0 Å². The first kappa shape index (κ1) is 14.5. The number of aryl methyl sites for hydroxylation is 1. The Labute approximate surface area is 124 Å². The van der Waals surface area contributed by atoms with E-state index in [0.717, 1.165) is 22.4 Å². The third-order valence-corrected chi connectivity index (χ3v) is 3.22. The van der Waals surface area contributed by atoms with Gasteiger partial charge in [0.05, 0.1) is 0 Å². The van der Waals surface area contributed by atoms with Gasteiger partial charge in [-0.05, 0) is 36.8 Å². The Bertz CT molecular complexity index is 654. The molecule has 0 bridgehead atoms. The summed E-state index contributed by atoms with van der Waals surface area (Å²) in [6, 6.07) is 13.3. The van der Waals surface area contributed by atoms with Gasteiger partial charge in [-0.1, -0.05) is 41.6 Å². The summed E-state index contributed by atoms with van der Waals surface area (Å²) >= 11 is 6.08. The summed E-state index contributed by atoms with van der Waals surface area (Å²) in [7, 11) is 0. The van der Waals surface area contributed by atoms with Gasteiger partial charge in [0, 0.05) is 16.1 Å². The first-order valence-electron chi connectivity index (χ1n) is 6.27. The van der Waals surface area contributed by atoms with Crippen molar-refractivity contribution in [1.82, 2.24) is 0 Å². The predicted molar refractivity (Wildman–Crippen MR) is 80.9 cm³/mol. The van der Waals surface area contributed by atoms with Crippen LogP contribution in [0.4, 0.5) is 0 Å². The molecule has 0 saturated heterocycles. The third-order valence-electron chi connectivity index (χ3n) is 2.85. The van der Waals surface area contributed by atoms with Gasteiger partial charge in [-0.15, -0.1) is 0 Å². The SMILES string of the molecule is Cc1cc(OCc2ccccc2Cl)ccc1C#CCO. The van der Waals surface area contributed by atoms with Crippen molar-refractivity contribution in [2.24, 2.45) is 0 Å². The number of hydrogen-bond acceptors (Lipinski definition) is 2. The molecule has 2 nitrogen and oxygen atoms in total. The fraction of sp³-hybridized carbons (Fsp3) is 0.176. The summed E-state index contributed by atoms with van der Waals surface area (Å²) in [6.07, 6.45) is 0. The molecule has 0 aliphatic carbocycles. The van der Waals surface area contributed by atoms with Crippen molar-refractivity contribution in [3.05, 3.63) is 64.2 Å². The topological polar surface area (TPSA) is 29.5 Å². The van der Waals surface area contributed by atoms with E-state index in [1.807, 2.05) is 49.4 Å². The van der Waals surface area contributed by atoms with Crippen LogP contribution in [-0.4, -0.2) is 11.7 Å². The second kappa shape index (κ2) is 7.00. The monoisotopic (exact) mass is 286 g/mol. The van der Waals surface area contributed by atoms with Gasteiger partial charge in [0.2, 0.25) is 0 Å². The van der Waals surface area contributed by atoms with Crippen molar-refractivity contribution in [1.29, 1.82) is 0 Å². The molecule has 102 valence electrons. The molecule has 2 rings (SSSR count). The van der Waals surface area contributed by atoms with E-state index in [1.54, 1.807) is 0 Å². The second-order valence-electron chi connectivity index (χ2n) is 4.32. The molecule has 2 aromatic rings. The summed E-state index contributed by atoms with van der Waals surface area (Å²) in [6.45, 7) is 2.26. The van der Waals surface area contributed by atoms with Crippen LogP contribution in [0, 0.1) is 18.8 Å². The molecule has 0 amide bonds. The molecular formula is C17H15ClO2. The molecule has 0 unspecified atom stereocenters. The molecule has 0 radical (unpaired) electrons. The van der Waals surface area contributed by atoms with E-state index in [9.17, 15) is 0 Å². The van der Waals surface area contributed by atoms with E-state index >= 15 is 0 Å². The molecule has 2 aromatic carbocycles. The number of ether oxygens (including phenoxy) is 1. The fourth-order valence-electron chi connectivity index (χ4n) is 1.78. The van der Waals surface area contributed by atoms with Crippen LogP contribution in [0.25, 0.3) is 0 Å². The Morgan fingerprint density at radius 1 is 1.20 bits per heavy atom. The highest BCUT2D eigenvalue weighted by molar-refractivity contribution is 6.31. The minimum Gasteiger partial charge on any atom is -0.489 e. The van der Waals surface area contributed by atoms with Crippen molar-refractivity contribution < 1.29 is 9.84 Å². The second-order valence-corrected chi connectivity index (χ2v) is 4.72. The maximum atomic E-state index is 8.70. The zero-order valence-corrected chi connectivity index (χ0v) is 11.9. The minimum atomic E-state index is -0.135. The lowest BCUT2D eigenvalue weighted by Gasteiger charge is -2.09. The Hall–Kier alpha value is -1.95. The van der Waals surface area contributed by atoms with Crippen molar-refractivity contribution >= 4 is 11.6 Å². The summed E-state index contributed by atoms with van der Waals surface area (Å²) in [5.74, 6) is 6.31. The summed E-state index contributed by atoms with van der Waals surface area (Å²) in [5, 5.41) is 9.40. The first-order chi connectivity index (χ1) is 9.70. The van der Waals surface area contributed by atoms with Crippen molar-refractivity contribution in [2.45, 2.75) is 13.5 Å². The van der Waals surface area contributed by atoms with Gasteiger partial charge < -0.3 is 9.84 Å². The Kier molecular flexibility index (Phi) is 5.06. The average molecular weight is 287 g/mol. The van der Waals surface area contributed by atoms with Crippen LogP contribution >= 0.6 is 11.6 Å². The Balaban J connectivity index is 2.08. The number of aliphatic hydroxyl groups excluding tert-OH is 1. The highest BCUT2D eigenvalue weighted by Crippen LogP contribution is 2.20. The molecule has 0 fully saturated rings. The van der Waals surface area contributed by atoms with Gasteiger partial charge in [-0.2, -0.15) is 0 Å². The van der Waals surface area contributed by atoms with Gasteiger partial charge in [-0.25, -0.2) is 0 Å². The minimum absolute atomic E-state index is 0.135. The zero-order valence-electron chi connectivity index (χ0n) is 11.2. The number of benzene rings is 2. The molecule has 1 N–H and O–H groups in total. The number of rotatable bonds is 3. The van der Waals surface area contributed by atoms with E-state index in [0.29, 0.717) is 11.6 Å². The number of aliphatic hydroxyl groups is 1. The molecule has 0 aliphatic rings. The van der Waals surface area contributed by atoms with E-state index in [2.05, 4.69) is 11.8 Å². The van der Waals surface area contributed by atoms with Crippen LogP contribution in [0.15, 0.2) is 42.5 Å². The quantitative estimate of drug-likeness (QED) is 0.874. The maximum Gasteiger partial charge on any atom is 0.120 e. The van der Waals surface area contributed by atoms with Crippen LogP contribution in [0.3, 0.4) is 0 Å². The van der Waals surface area contributed by atoms with Gasteiger partial charge >= 0.3 is 0 Å². The fourth-order valence-corrected chi connectivity index (χ4v) is 1.97. The highest BCUT2D eigenvalue weighted by atomic mass is 35.5. The Morgan fingerprint density at radius 2 is 2.00 bits per heavy atom. The maximum absolute atomic E-state index is 8.70. The lowest BCUT2D eigenvalue weighted by molar-refractivity contribution is 0.306. The van der Waals surface area contributed by atoms with Crippen molar-refractivity contribution in [3.63, 3.8) is 0 Å².